The van der Waals surface area contributed by atoms with E-state index in [-0.39, 0.29) is 0 Å². The Morgan fingerprint density at radius 3 is 3.11 bits per heavy atom. The zero-order valence-corrected chi connectivity index (χ0v) is 5.18. The van der Waals surface area contributed by atoms with Gasteiger partial charge in [-0.2, -0.15) is 0 Å². The SMILES string of the molecule is C1CCc2[nH+]onc2C1. The Hall–Kier alpha value is -0.860. The highest BCUT2D eigenvalue weighted by Crippen LogP contribution is 2.13. The van der Waals surface area contributed by atoms with Crippen LogP contribution in [-0.2, 0) is 12.8 Å². The number of aromatic nitrogens is 2. The van der Waals surface area contributed by atoms with Crippen molar-refractivity contribution in [2.24, 2.45) is 0 Å². The fourth-order valence-corrected chi connectivity index (χ4v) is 1.23. The van der Waals surface area contributed by atoms with Crippen LogP contribution in [0.15, 0.2) is 4.63 Å². The molecule has 1 aliphatic carbocycles. The molecule has 0 saturated carbocycles. The first kappa shape index (κ1) is 4.97. The van der Waals surface area contributed by atoms with Gasteiger partial charge in [0.1, 0.15) is 0 Å². The topological polar surface area (TPSA) is 40.2 Å². The molecule has 1 aromatic heterocycles. The number of rotatable bonds is 0. The molecule has 9 heavy (non-hydrogen) atoms. The maximum atomic E-state index is 4.69. The van der Waals surface area contributed by atoms with Crippen LogP contribution in [0.3, 0.4) is 0 Å². The average Bonchev–Trinajstić information content (AvgIpc) is 2.33. The quantitative estimate of drug-likeness (QED) is 0.502. The summed E-state index contributed by atoms with van der Waals surface area (Å²) < 4.78 is 4.69. The number of aryl methyl sites for hydroxylation is 2. The zero-order chi connectivity index (χ0) is 6.10. The van der Waals surface area contributed by atoms with Gasteiger partial charge in [-0.15, -0.1) is 0 Å². The van der Waals surface area contributed by atoms with Crippen molar-refractivity contribution < 1.29 is 9.79 Å². The van der Waals surface area contributed by atoms with Gasteiger partial charge in [0.15, 0.2) is 10.9 Å². The molecule has 0 fully saturated rings. The Morgan fingerprint density at radius 1 is 1.33 bits per heavy atom. The van der Waals surface area contributed by atoms with E-state index in [2.05, 4.69) is 10.3 Å². The van der Waals surface area contributed by atoms with Crippen molar-refractivity contribution in [2.45, 2.75) is 25.7 Å². The number of nitrogens with zero attached hydrogens (tertiary/aromatic N) is 1. The molecule has 0 atom stereocenters. The lowest BCUT2D eigenvalue weighted by atomic mass is 10.0. The molecule has 0 radical (unpaired) electrons. The van der Waals surface area contributed by atoms with Crippen molar-refractivity contribution in [1.29, 1.82) is 0 Å². The van der Waals surface area contributed by atoms with Crippen LogP contribution < -0.4 is 5.16 Å². The van der Waals surface area contributed by atoms with Gasteiger partial charge in [-0.05, 0) is 12.8 Å². The van der Waals surface area contributed by atoms with E-state index in [1.165, 1.54) is 18.5 Å². The van der Waals surface area contributed by atoms with E-state index in [0.29, 0.717) is 0 Å². The predicted octanol–water partition coefficient (Wildman–Crippen LogP) is 0.367. The van der Waals surface area contributed by atoms with Gasteiger partial charge in [-0.25, -0.2) is 0 Å². The molecule has 3 nitrogen and oxygen atoms in total. The highest BCUT2D eigenvalue weighted by atomic mass is 16.6. The van der Waals surface area contributed by atoms with Gasteiger partial charge in [-0.3, -0.25) is 0 Å². The molecule has 0 aliphatic heterocycles. The second-order valence-electron chi connectivity index (χ2n) is 2.42. The Bertz CT molecular complexity index is 186. The predicted molar refractivity (Wildman–Crippen MR) is 29.7 cm³/mol. The summed E-state index contributed by atoms with van der Waals surface area (Å²) in [6, 6.07) is 0. The number of nitrogens with one attached hydrogen (secondary N) is 1. The first-order valence-corrected chi connectivity index (χ1v) is 3.32. The molecule has 0 bridgehead atoms. The van der Waals surface area contributed by atoms with Gasteiger partial charge in [0.05, 0.1) is 0 Å². The van der Waals surface area contributed by atoms with E-state index in [0.717, 1.165) is 18.5 Å². The van der Waals surface area contributed by atoms with Crippen molar-refractivity contribution in [3.8, 4) is 0 Å². The largest absolute Gasteiger partial charge is 0.246 e. The molecule has 1 aromatic rings. The second kappa shape index (κ2) is 1.83. The summed E-state index contributed by atoms with van der Waals surface area (Å²) in [6.45, 7) is 0. The minimum absolute atomic E-state index is 1.09. The highest BCUT2D eigenvalue weighted by molar-refractivity contribution is 5.05. The van der Waals surface area contributed by atoms with Gasteiger partial charge >= 0.3 is 0 Å². The van der Waals surface area contributed by atoms with Gasteiger partial charge < -0.3 is 0 Å². The van der Waals surface area contributed by atoms with Crippen molar-refractivity contribution in [1.82, 2.24) is 5.16 Å². The molecule has 1 aliphatic rings. The normalized spacial score (nSPS) is 17.3. The molecule has 48 valence electrons. The number of fused-ring (bicyclic) bond motifs is 1. The third-order valence-electron chi connectivity index (χ3n) is 1.76. The highest BCUT2D eigenvalue weighted by Gasteiger charge is 2.20. The molecule has 1 N–H and O–H groups in total. The van der Waals surface area contributed by atoms with Gasteiger partial charge in [0.2, 0.25) is 5.69 Å². The van der Waals surface area contributed by atoms with Crippen LogP contribution in [-0.4, -0.2) is 5.16 Å². The Balaban J connectivity index is 2.39. The van der Waals surface area contributed by atoms with E-state index in [1.807, 2.05) is 0 Å². The lowest BCUT2D eigenvalue weighted by Gasteiger charge is -1.99. The Kier molecular flexibility index (Phi) is 1.01. The van der Waals surface area contributed by atoms with Crippen LogP contribution in [0, 0.1) is 0 Å². The summed E-state index contributed by atoms with van der Waals surface area (Å²) in [5.41, 5.74) is 2.32. The smallest absolute Gasteiger partial charge is 0.0871 e. The van der Waals surface area contributed by atoms with E-state index in [4.69, 9.17) is 4.63 Å². The van der Waals surface area contributed by atoms with E-state index < -0.39 is 0 Å². The summed E-state index contributed by atoms with van der Waals surface area (Å²) in [6.07, 6.45) is 4.72. The second-order valence-corrected chi connectivity index (χ2v) is 2.42. The standard InChI is InChI=1S/C6H8N2O/c1-2-4-6-5(3-1)7-9-8-6/h1-4H2/p+1. The van der Waals surface area contributed by atoms with Gasteiger partial charge in [-0.1, -0.05) is 9.79 Å². The molecule has 2 rings (SSSR count). The minimum atomic E-state index is 1.09. The fourth-order valence-electron chi connectivity index (χ4n) is 1.23. The summed E-state index contributed by atoms with van der Waals surface area (Å²) in [4.78, 5) is 0. The van der Waals surface area contributed by atoms with E-state index >= 15 is 0 Å². The average molecular weight is 125 g/mol. The third-order valence-corrected chi connectivity index (χ3v) is 1.76. The lowest BCUT2D eigenvalue weighted by molar-refractivity contribution is -0.629. The summed E-state index contributed by atoms with van der Waals surface area (Å²) in [5.74, 6) is 0. The Morgan fingerprint density at radius 2 is 2.22 bits per heavy atom. The molecular weight excluding hydrogens is 116 g/mol. The first-order chi connectivity index (χ1) is 4.47. The van der Waals surface area contributed by atoms with Crippen molar-refractivity contribution in [3.05, 3.63) is 11.4 Å². The zero-order valence-electron chi connectivity index (χ0n) is 5.18. The monoisotopic (exact) mass is 125 g/mol. The number of hydrogen-bond acceptors (Lipinski definition) is 2. The Labute approximate surface area is 53.0 Å². The van der Waals surface area contributed by atoms with E-state index in [9.17, 15) is 0 Å². The summed E-state index contributed by atoms with van der Waals surface area (Å²) in [5, 5.41) is 6.60. The van der Waals surface area contributed by atoms with E-state index in [1.54, 1.807) is 0 Å². The van der Waals surface area contributed by atoms with Crippen molar-refractivity contribution >= 4 is 0 Å². The van der Waals surface area contributed by atoms with Crippen LogP contribution in [0.25, 0.3) is 0 Å². The minimum Gasteiger partial charge on any atom is -0.0871 e. The van der Waals surface area contributed by atoms with Crippen LogP contribution in [0.1, 0.15) is 24.2 Å². The van der Waals surface area contributed by atoms with Crippen LogP contribution in [0.5, 0.6) is 0 Å². The van der Waals surface area contributed by atoms with Crippen LogP contribution >= 0.6 is 0 Å². The van der Waals surface area contributed by atoms with Crippen LogP contribution in [0.2, 0.25) is 0 Å². The first-order valence-electron chi connectivity index (χ1n) is 3.32. The molecule has 0 aromatic carbocycles. The molecule has 1 heterocycles. The molecular formula is C6H9N2O+. The number of hydrogen-bond donors (Lipinski definition) is 0. The lowest BCUT2D eigenvalue weighted by Crippen LogP contribution is -2.10. The van der Waals surface area contributed by atoms with Crippen molar-refractivity contribution in [3.63, 3.8) is 0 Å². The maximum Gasteiger partial charge on any atom is 0.246 e. The molecule has 0 amide bonds. The van der Waals surface area contributed by atoms with Gasteiger partial charge in [0, 0.05) is 12.8 Å². The summed E-state index contributed by atoms with van der Waals surface area (Å²) in [7, 11) is 0. The number of aromatic amines is 1. The van der Waals surface area contributed by atoms with Gasteiger partial charge in [0.25, 0.3) is 0 Å². The van der Waals surface area contributed by atoms with Crippen molar-refractivity contribution in [2.75, 3.05) is 0 Å². The number of H-pyrrole nitrogens is 1. The molecule has 0 spiro atoms. The molecule has 3 heteroatoms. The summed E-state index contributed by atoms with van der Waals surface area (Å²) >= 11 is 0. The fraction of sp³-hybridized carbons (Fsp3) is 0.667. The van der Waals surface area contributed by atoms with Crippen LogP contribution in [0.4, 0.5) is 0 Å². The maximum absolute atomic E-state index is 4.69. The molecule has 0 unspecified atom stereocenters. The third kappa shape index (κ3) is 0.724. The molecule has 0 saturated heterocycles.